The maximum absolute atomic E-state index is 12.1. The molecule has 2 rings (SSSR count). The van der Waals surface area contributed by atoms with Crippen molar-refractivity contribution in [3.63, 3.8) is 0 Å². The van der Waals surface area contributed by atoms with E-state index in [9.17, 15) is 23.1 Å². The molecule has 0 aromatic heterocycles. The second-order valence-corrected chi connectivity index (χ2v) is 7.14. The molecular weight excluding hydrogens is 360 g/mol. The van der Waals surface area contributed by atoms with Crippen molar-refractivity contribution in [3.8, 4) is 5.75 Å². The quantitative estimate of drug-likeness (QED) is 0.675. The van der Waals surface area contributed by atoms with Crippen molar-refractivity contribution in [1.29, 1.82) is 0 Å². The fourth-order valence-corrected chi connectivity index (χ4v) is 2.59. The van der Waals surface area contributed by atoms with E-state index in [1.165, 1.54) is 37.3 Å². The van der Waals surface area contributed by atoms with E-state index in [2.05, 4.69) is 5.32 Å². The summed E-state index contributed by atoms with van der Waals surface area (Å²) in [6.45, 7) is 3.01. The average Bonchev–Trinajstić information content (AvgIpc) is 2.56. The molecule has 0 saturated heterocycles. The van der Waals surface area contributed by atoms with Gasteiger partial charge in [0.2, 0.25) is 10.0 Å². The molecule has 0 aliphatic heterocycles. The van der Waals surface area contributed by atoms with Crippen LogP contribution in [-0.4, -0.2) is 31.5 Å². The van der Waals surface area contributed by atoms with E-state index in [1.54, 1.807) is 19.1 Å². The Morgan fingerprint density at radius 1 is 1.15 bits per heavy atom. The van der Waals surface area contributed by atoms with Crippen LogP contribution in [0.2, 0.25) is 0 Å². The van der Waals surface area contributed by atoms with E-state index >= 15 is 0 Å². The maximum atomic E-state index is 12.1. The van der Waals surface area contributed by atoms with Crippen LogP contribution in [0.5, 0.6) is 5.75 Å². The first kappa shape index (κ1) is 19.4. The summed E-state index contributed by atoms with van der Waals surface area (Å²) in [7, 11) is -3.82. The molecule has 138 valence electrons. The average molecular weight is 378 g/mol. The molecule has 0 aliphatic rings. The molecule has 4 N–H and O–H groups in total. The number of para-hydroxylation sites is 1. The molecule has 1 unspecified atom stereocenters. The molecule has 0 heterocycles. The second kappa shape index (κ2) is 7.54. The largest absolute Gasteiger partial charge is 0.507 e. The molecule has 0 bridgehead atoms. The second-order valence-electron chi connectivity index (χ2n) is 5.58. The Kier molecular flexibility index (Phi) is 5.63. The van der Waals surface area contributed by atoms with E-state index in [1.807, 2.05) is 0 Å². The summed E-state index contributed by atoms with van der Waals surface area (Å²) >= 11 is 0. The van der Waals surface area contributed by atoms with E-state index in [0.29, 0.717) is 11.3 Å². The number of benzene rings is 2. The number of hydrogen-bond acceptors (Lipinski definition) is 6. The summed E-state index contributed by atoms with van der Waals surface area (Å²) in [5, 5.41) is 17.4. The van der Waals surface area contributed by atoms with E-state index < -0.39 is 28.0 Å². The Labute approximate surface area is 150 Å². The van der Waals surface area contributed by atoms with Crippen molar-refractivity contribution in [2.45, 2.75) is 24.8 Å². The maximum Gasteiger partial charge on any atom is 0.342 e. The van der Waals surface area contributed by atoms with Crippen LogP contribution in [0.4, 0.5) is 5.69 Å². The van der Waals surface area contributed by atoms with Crippen molar-refractivity contribution in [1.82, 2.24) is 0 Å². The van der Waals surface area contributed by atoms with Gasteiger partial charge in [0.15, 0.2) is 6.10 Å². The lowest BCUT2D eigenvalue weighted by Gasteiger charge is -2.14. The standard InChI is InChI=1S/C17H18N2O6S/c1-10-4-3-5-14(15(10)20)17(22)25-11(2)16(21)19-12-6-8-13(9-7-12)26(18,23)24/h3-9,11,20H,1-2H3,(H,19,21)(H2,18,23,24). The number of amides is 1. The predicted octanol–water partition coefficient (Wildman–Crippen LogP) is 1.53. The number of phenolic OH excluding ortho intramolecular Hbond substituents is 1. The minimum absolute atomic E-state index is 0.0397. The third-order valence-corrected chi connectivity index (χ3v) is 4.49. The predicted molar refractivity (Wildman–Crippen MR) is 94.2 cm³/mol. The van der Waals surface area contributed by atoms with Crippen molar-refractivity contribution >= 4 is 27.6 Å². The molecule has 2 aromatic rings. The summed E-state index contributed by atoms with van der Waals surface area (Å²) in [5.41, 5.74) is 0.775. The lowest BCUT2D eigenvalue weighted by Crippen LogP contribution is -2.30. The smallest absolute Gasteiger partial charge is 0.342 e. The number of sulfonamides is 1. The molecule has 9 heteroatoms. The van der Waals surface area contributed by atoms with Gasteiger partial charge in [-0.05, 0) is 49.7 Å². The Morgan fingerprint density at radius 3 is 2.35 bits per heavy atom. The van der Waals surface area contributed by atoms with Crippen molar-refractivity contribution < 1.29 is 27.9 Å². The molecule has 8 nitrogen and oxygen atoms in total. The van der Waals surface area contributed by atoms with Gasteiger partial charge in [0.1, 0.15) is 11.3 Å². The number of phenols is 1. The fraction of sp³-hybridized carbons (Fsp3) is 0.176. The van der Waals surface area contributed by atoms with Crippen LogP contribution in [-0.2, 0) is 19.6 Å². The molecule has 0 radical (unpaired) electrons. The van der Waals surface area contributed by atoms with Crippen molar-refractivity contribution in [2.75, 3.05) is 5.32 Å². The van der Waals surface area contributed by atoms with Gasteiger partial charge in [-0.3, -0.25) is 4.79 Å². The highest BCUT2D eigenvalue weighted by Gasteiger charge is 2.21. The minimum atomic E-state index is -3.82. The molecule has 26 heavy (non-hydrogen) atoms. The highest BCUT2D eigenvalue weighted by atomic mass is 32.2. The molecule has 1 amide bonds. The molecule has 0 spiro atoms. The number of carbonyl (C=O) groups excluding carboxylic acids is 2. The first-order chi connectivity index (χ1) is 12.1. The number of primary sulfonamides is 1. The number of nitrogens with two attached hydrogens (primary N) is 1. The number of esters is 1. The van der Waals surface area contributed by atoms with E-state index in [0.717, 1.165) is 0 Å². The van der Waals surface area contributed by atoms with E-state index in [-0.39, 0.29) is 16.2 Å². The summed E-state index contributed by atoms with van der Waals surface area (Å²) < 4.78 is 27.4. The third kappa shape index (κ3) is 4.58. The molecule has 0 aliphatic carbocycles. The number of carbonyl (C=O) groups is 2. The van der Waals surface area contributed by atoms with Gasteiger partial charge in [-0.1, -0.05) is 12.1 Å². The van der Waals surface area contributed by atoms with Crippen molar-refractivity contribution in [3.05, 3.63) is 53.6 Å². The highest BCUT2D eigenvalue weighted by molar-refractivity contribution is 7.89. The number of ether oxygens (including phenoxy) is 1. The first-order valence-electron chi connectivity index (χ1n) is 7.53. The molecule has 0 saturated carbocycles. The van der Waals surface area contributed by atoms with Gasteiger partial charge in [-0.15, -0.1) is 0 Å². The SMILES string of the molecule is Cc1cccc(C(=O)OC(C)C(=O)Nc2ccc(S(N)(=O)=O)cc2)c1O. The first-order valence-corrected chi connectivity index (χ1v) is 9.07. The number of rotatable bonds is 5. The zero-order chi connectivity index (χ0) is 19.5. The van der Waals surface area contributed by atoms with Crippen LogP contribution in [0.25, 0.3) is 0 Å². The van der Waals surface area contributed by atoms with Crippen LogP contribution in [0.15, 0.2) is 47.4 Å². The van der Waals surface area contributed by atoms with Gasteiger partial charge in [-0.25, -0.2) is 18.4 Å². The van der Waals surface area contributed by atoms with Gasteiger partial charge in [0, 0.05) is 5.69 Å². The number of hydrogen-bond donors (Lipinski definition) is 3. The topological polar surface area (TPSA) is 136 Å². The van der Waals surface area contributed by atoms with Gasteiger partial charge in [0.25, 0.3) is 5.91 Å². The lowest BCUT2D eigenvalue weighted by molar-refractivity contribution is -0.123. The highest BCUT2D eigenvalue weighted by Crippen LogP contribution is 2.22. The Bertz CT molecular complexity index is 938. The Hall–Kier alpha value is -2.91. The molecule has 1 atom stereocenters. The van der Waals surface area contributed by atoms with Gasteiger partial charge in [-0.2, -0.15) is 0 Å². The number of nitrogens with one attached hydrogen (secondary N) is 1. The van der Waals surface area contributed by atoms with E-state index in [4.69, 9.17) is 9.88 Å². The summed E-state index contributed by atoms with van der Waals surface area (Å²) in [5.74, 6) is -1.66. The summed E-state index contributed by atoms with van der Waals surface area (Å²) in [6.07, 6.45) is -1.14. The minimum Gasteiger partial charge on any atom is -0.507 e. The molecule has 2 aromatic carbocycles. The Morgan fingerprint density at radius 2 is 1.77 bits per heavy atom. The van der Waals surface area contributed by atoms with Crippen LogP contribution in [0, 0.1) is 6.92 Å². The van der Waals surface area contributed by atoms with Gasteiger partial charge < -0.3 is 15.2 Å². The molecular formula is C17H18N2O6S. The zero-order valence-electron chi connectivity index (χ0n) is 14.1. The summed E-state index contributed by atoms with van der Waals surface area (Å²) in [4.78, 5) is 24.1. The fourth-order valence-electron chi connectivity index (χ4n) is 2.07. The monoisotopic (exact) mass is 378 g/mol. The van der Waals surface area contributed by atoms with Gasteiger partial charge in [0.05, 0.1) is 4.90 Å². The van der Waals surface area contributed by atoms with Crippen LogP contribution < -0.4 is 10.5 Å². The third-order valence-electron chi connectivity index (χ3n) is 3.56. The summed E-state index contributed by atoms with van der Waals surface area (Å²) in [6, 6.07) is 9.81. The lowest BCUT2D eigenvalue weighted by atomic mass is 10.1. The number of aromatic hydroxyl groups is 1. The van der Waals surface area contributed by atoms with Crippen LogP contribution >= 0.6 is 0 Å². The van der Waals surface area contributed by atoms with Crippen LogP contribution in [0.1, 0.15) is 22.8 Å². The Balaban J connectivity index is 2.03. The number of anilines is 1. The zero-order valence-corrected chi connectivity index (χ0v) is 14.9. The van der Waals surface area contributed by atoms with Gasteiger partial charge >= 0.3 is 5.97 Å². The van der Waals surface area contributed by atoms with Crippen molar-refractivity contribution in [2.24, 2.45) is 5.14 Å². The normalized spacial score (nSPS) is 12.3. The molecule has 0 fully saturated rings. The van der Waals surface area contributed by atoms with Crippen LogP contribution in [0.3, 0.4) is 0 Å². The number of aryl methyl sites for hydroxylation is 1.